The Labute approximate surface area is 602 Å². The van der Waals surface area contributed by atoms with Crippen LogP contribution in [-0.4, -0.2) is 279 Å². The van der Waals surface area contributed by atoms with Crippen molar-refractivity contribution >= 4 is 106 Å². The Morgan fingerprint density at radius 1 is 0.573 bits per heavy atom. The molecule has 1 aliphatic carbocycles. The van der Waals surface area contributed by atoms with Crippen molar-refractivity contribution in [3.8, 4) is 0 Å². The van der Waals surface area contributed by atoms with Crippen LogP contribution in [0.4, 0.5) is 0 Å². The lowest BCUT2D eigenvalue weighted by Gasteiger charge is -2.33. The molecule has 35 nitrogen and oxygen atoms in total. The summed E-state index contributed by atoms with van der Waals surface area (Å²) >= 11 is 1.46. The lowest BCUT2D eigenvalue weighted by Crippen LogP contribution is -2.59. The predicted molar refractivity (Wildman–Crippen MR) is 379 cm³/mol. The summed E-state index contributed by atoms with van der Waals surface area (Å²) in [6.07, 6.45) is 7.70. The van der Waals surface area contributed by atoms with Crippen LogP contribution in [0.3, 0.4) is 0 Å². The maximum atomic E-state index is 14.5. The highest BCUT2D eigenvalue weighted by atomic mass is 32.2. The van der Waals surface area contributed by atoms with E-state index < -0.39 is 138 Å². The number of amides is 11. The van der Waals surface area contributed by atoms with Crippen LogP contribution in [0, 0.1) is 23.7 Å². The fourth-order valence-electron chi connectivity index (χ4n) is 12.1. The maximum Gasteiger partial charge on any atom is 0.317 e. The number of aliphatic carboxylic acids is 3. The molecule has 1 saturated carbocycles. The van der Waals surface area contributed by atoms with Gasteiger partial charge in [-0.05, 0) is 93.3 Å². The molecule has 18 N–H and O–H groups in total. The van der Waals surface area contributed by atoms with Gasteiger partial charge in [-0.3, -0.25) is 86.7 Å². The first kappa shape index (κ1) is 84.4. The van der Waals surface area contributed by atoms with Crippen molar-refractivity contribution in [3.05, 3.63) is 54.2 Å². The van der Waals surface area contributed by atoms with E-state index in [9.17, 15) is 82.4 Å². The minimum Gasteiger partial charge on any atom is -0.480 e. The number of carboxylic acid groups (broad SMARTS) is 3. The topological polar surface area (TPSA) is 517 Å². The Morgan fingerprint density at radius 3 is 1.64 bits per heavy atom. The van der Waals surface area contributed by atoms with E-state index in [2.05, 4.69) is 62.8 Å². The number of nitrogens with two attached hydrogens (primary N) is 2. The van der Waals surface area contributed by atoms with Crippen LogP contribution in [0.15, 0.2) is 43.0 Å². The molecule has 103 heavy (non-hydrogen) atoms. The van der Waals surface area contributed by atoms with Gasteiger partial charge in [0, 0.05) is 107 Å². The Kier molecular flexibility index (Phi) is 35.2. The van der Waals surface area contributed by atoms with E-state index >= 15 is 0 Å². The van der Waals surface area contributed by atoms with Gasteiger partial charge in [0.15, 0.2) is 0 Å². The molecular weight excluding hydrogens is 1360 g/mol. The number of thioether (sulfide) groups is 1. The number of aromatic amines is 2. The molecule has 36 heteroatoms. The molecule has 11 amide bonds. The Bertz CT molecular complexity index is 3330. The number of para-hydroxylation sites is 1. The molecule has 570 valence electrons. The number of nitrogens with one attached hydrogen (secondary N) is 11. The van der Waals surface area contributed by atoms with Crippen LogP contribution >= 0.6 is 11.8 Å². The van der Waals surface area contributed by atoms with E-state index in [0.717, 1.165) is 10.9 Å². The second-order valence-electron chi connectivity index (χ2n) is 27.0. The number of rotatable bonds is 40. The molecule has 3 aromatic rings. The van der Waals surface area contributed by atoms with E-state index in [0.29, 0.717) is 42.7 Å². The number of hydrogen-bond acceptors (Lipinski definition) is 20. The highest BCUT2D eigenvalue weighted by Gasteiger charge is 2.36. The van der Waals surface area contributed by atoms with Gasteiger partial charge in [0.2, 0.25) is 65.0 Å². The molecule has 1 aliphatic heterocycles. The monoisotopic (exact) mass is 1460 g/mol. The van der Waals surface area contributed by atoms with Crippen LogP contribution in [0.5, 0.6) is 0 Å². The quantitative estimate of drug-likeness (QED) is 0.0267. The first-order chi connectivity index (χ1) is 48.9. The fourth-order valence-corrected chi connectivity index (χ4v) is 12.6. The van der Waals surface area contributed by atoms with E-state index in [4.69, 9.17) is 11.5 Å². The van der Waals surface area contributed by atoms with Crippen molar-refractivity contribution in [3.63, 3.8) is 0 Å². The highest BCUT2D eigenvalue weighted by molar-refractivity contribution is 7.98. The number of carbonyl (C=O) groups is 14. The van der Waals surface area contributed by atoms with E-state index in [1.165, 1.54) is 31.2 Å². The number of fused-ring (bicyclic) bond motifs is 1. The highest BCUT2D eigenvalue weighted by Crippen LogP contribution is 2.29. The van der Waals surface area contributed by atoms with Gasteiger partial charge in [-0.1, -0.05) is 45.9 Å². The molecule has 2 aliphatic rings. The number of carboxylic acids is 3. The summed E-state index contributed by atoms with van der Waals surface area (Å²) in [5.74, 6) is -11.9. The molecule has 5 rings (SSSR count). The van der Waals surface area contributed by atoms with Crippen LogP contribution in [0.1, 0.15) is 97.2 Å². The normalized spacial score (nSPS) is 18.0. The first-order valence-corrected chi connectivity index (χ1v) is 36.1. The number of primary amides is 2. The van der Waals surface area contributed by atoms with Gasteiger partial charge in [-0.25, -0.2) is 4.98 Å². The molecular formula is C67H104N18O17S. The zero-order valence-corrected chi connectivity index (χ0v) is 60.2. The van der Waals surface area contributed by atoms with Crippen LogP contribution in [0.2, 0.25) is 0 Å². The molecule has 2 aromatic heterocycles. The molecule has 0 bridgehead atoms. The largest absolute Gasteiger partial charge is 0.480 e. The smallest absolute Gasteiger partial charge is 0.317 e. The van der Waals surface area contributed by atoms with E-state index in [-0.39, 0.29) is 141 Å². The fraction of sp³-hybridized carbons (Fsp3) is 0.627. The van der Waals surface area contributed by atoms with Crippen molar-refractivity contribution in [2.24, 2.45) is 35.1 Å². The van der Waals surface area contributed by atoms with Crippen LogP contribution in [0.25, 0.3) is 10.9 Å². The summed E-state index contributed by atoms with van der Waals surface area (Å²) in [7, 11) is 0. The molecule has 1 saturated heterocycles. The lowest BCUT2D eigenvalue weighted by molar-refractivity contribution is -0.140. The molecule has 2 fully saturated rings. The zero-order chi connectivity index (χ0) is 75.9. The lowest BCUT2D eigenvalue weighted by atomic mass is 9.81. The number of carbonyl (C=O) groups excluding carboxylic acids is 11. The molecule has 1 aromatic carbocycles. The molecule has 0 radical (unpaired) electrons. The summed E-state index contributed by atoms with van der Waals surface area (Å²) < 4.78 is 0. The van der Waals surface area contributed by atoms with E-state index in [1.807, 2.05) is 31.1 Å². The number of benzene rings is 1. The minimum atomic E-state index is -1.41. The van der Waals surface area contributed by atoms with Gasteiger partial charge in [0.1, 0.15) is 42.3 Å². The average molecular weight is 1470 g/mol. The third-order valence-corrected chi connectivity index (χ3v) is 18.5. The standard InChI is InChI=1S/C67H104N18O17S/c1-39(2)27-50(65(100)77-48(60(69)95)17-26-103-6)79-66(101)52(29-45-32-70-38-74-45)76-54(87)33-73-67(102)59(40(3)4)81-61(96)41(5)75-64(99)51(28-44-31-71-47-10-8-7-9-46(44)47)80-63(98)49(15-16-53(68)86)78-62(97)43-13-11-42(12-14-43)30-72-55(88)34-82-18-20-83(35-56(89)90)22-24-85(37-58(93)94)25-23-84(21-19-82)36-57(91)92/h7-10,31-32,38-43,48-52,59,71H,11-30,33-37H2,1-6H3,(H2,68,86)(H2,69,95)(H,70,74)(H,72,88)(H,73,102)(H,75,99)(H,76,87)(H,77,100)(H,78,97)(H,79,101)(H,80,98)(H,81,96)(H,89,90)(H,91,92)(H,93,94)/t41-,42-,43-,48-,49-,50-,51-,52-,59-/m0/s1. The zero-order valence-electron chi connectivity index (χ0n) is 59.4. The van der Waals surface area contributed by atoms with Crippen LogP contribution < -0.4 is 59.3 Å². The Hall–Kier alpha value is -9.26. The maximum absolute atomic E-state index is 14.5. The van der Waals surface area contributed by atoms with Crippen LogP contribution in [-0.2, 0) is 80.0 Å². The summed E-state index contributed by atoms with van der Waals surface area (Å²) in [5, 5.41) is 53.6. The SMILES string of the molecule is CSCC[C@H](NC(=O)[C@H](CC(C)C)NC(=O)[C@H](Cc1c[nH]cn1)NC(=O)CNC(=O)[C@@H](NC(=O)[C@H](C)NC(=O)[C@H](Cc1c[nH]c2ccccc12)NC(=O)[C@H](CCC(N)=O)NC(=O)[C@H]1CC[C@H](CNC(=O)CN2CCN(CC(=O)O)CCN(CC(=O)O)CCN(CC(=O)O)CC2)CC1)C(C)C)C(N)=O. The Morgan fingerprint density at radius 2 is 1.11 bits per heavy atom. The number of H-pyrrole nitrogens is 2. The second kappa shape index (κ2) is 43.0. The van der Waals surface area contributed by atoms with Gasteiger partial charge in [0.05, 0.1) is 44.7 Å². The number of nitrogens with zero attached hydrogens (tertiary/aromatic N) is 5. The van der Waals surface area contributed by atoms with Gasteiger partial charge in [0.25, 0.3) is 0 Å². The second-order valence-corrected chi connectivity index (χ2v) is 28.0. The van der Waals surface area contributed by atoms with Crippen molar-refractivity contribution in [2.75, 3.05) is 104 Å². The molecule has 0 unspecified atom stereocenters. The summed E-state index contributed by atoms with van der Waals surface area (Å²) in [5.41, 5.74) is 12.8. The minimum absolute atomic E-state index is 0.0416. The Balaban J connectivity index is 1.20. The number of hydrogen-bond donors (Lipinski definition) is 16. The van der Waals surface area contributed by atoms with Crippen molar-refractivity contribution in [1.82, 2.24) is 82.4 Å². The van der Waals surface area contributed by atoms with Gasteiger partial charge in [-0.15, -0.1) is 0 Å². The number of aromatic nitrogens is 3. The number of imidazole rings is 1. The van der Waals surface area contributed by atoms with Crippen molar-refractivity contribution in [2.45, 2.75) is 141 Å². The molecule has 3 heterocycles. The molecule has 7 atom stereocenters. The first-order valence-electron chi connectivity index (χ1n) is 34.7. The summed E-state index contributed by atoms with van der Waals surface area (Å²) in [4.78, 5) is 202. The summed E-state index contributed by atoms with van der Waals surface area (Å²) in [6.45, 7) is 8.70. The van der Waals surface area contributed by atoms with Crippen molar-refractivity contribution < 1.29 is 82.4 Å². The third-order valence-electron chi connectivity index (χ3n) is 17.9. The molecule has 0 spiro atoms. The van der Waals surface area contributed by atoms with Gasteiger partial charge in [-0.2, -0.15) is 11.8 Å². The van der Waals surface area contributed by atoms with Crippen molar-refractivity contribution in [1.29, 1.82) is 0 Å². The average Bonchev–Trinajstić information content (AvgIpc) is 1.51. The van der Waals surface area contributed by atoms with E-state index in [1.54, 1.807) is 52.9 Å². The predicted octanol–water partition coefficient (Wildman–Crippen LogP) is -3.19. The summed E-state index contributed by atoms with van der Waals surface area (Å²) in [6, 6.07) is -1.66. The third kappa shape index (κ3) is 30.3. The van der Waals surface area contributed by atoms with Gasteiger partial charge >= 0.3 is 17.9 Å². The van der Waals surface area contributed by atoms with Gasteiger partial charge < -0.3 is 84.6 Å².